The number of ether oxygens (including phenoxy) is 1. The topological polar surface area (TPSA) is 21.3 Å². The van der Waals surface area contributed by atoms with E-state index in [1.165, 1.54) is 12.2 Å². The zero-order valence-electron chi connectivity index (χ0n) is 10.8. The molecule has 96 valence electrons. The van der Waals surface area contributed by atoms with Gasteiger partial charge in [0.2, 0.25) is 0 Å². The Hall–Kier alpha value is -0.670. The van der Waals surface area contributed by atoms with Gasteiger partial charge >= 0.3 is 0 Å². The van der Waals surface area contributed by atoms with Crippen molar-refractivity contribution in [2.45, 2.75) is 25.8 Å². The molecule has 0 radical (unpaired) electrons. The van der Waals surface area contributed by atoms with E-state index in [1.807, 2.05) is 42.1 Å². The summed E-state index contributed by atoms with van der Waals surface area (Å²) in [7, 11) is 0. The quantitative estimate of drug-likeness (QED) is 0.683. The molecule has 17 heavy (non-hydrogen) atoms. The Labute approximate surface area is 109 Å². The van der Waals surface area contributed by atoms with E-state index in [-0.39, 0.29) is 0 Å². The Bertz CT molecular complexity index is 279. The van der Waals surface area contributed by atoms with Crippen LogP contribution in [0.1, 0.15) is 19.8 Å². The van der Waals surface area contributed by atoms with Crippen LogP contribution in [-0.2, 0) is 0 Å². The van der Waals surface area contributed by atoms with Crippen LogP contribution in [-0.4, -0.2) is 31.2 Å². The lowest BCUT2D eigenvalue weighted by Crippen LogP contribution is -2.32. The molecule has 3 heteroatoms. The van der Waals surface area contributed by atoms with Gasteiger partial charge in [0.15, 0.2) is 0 Å². The van der Waals surface area contributed by atoms with Crippen molar-refractivity contribution in [3.05, 3.63) is 30.3 Å². The van der Waals surface area contributed by atoms with E-state index in [4.69, 9.17) is 4.74 Å². The third-order valence-electron chi connectivity index (χ3n) is 2.63. The average Bonchev–Trinajstić information content (AvgIpc) is 2.38. The molecule has 1 atom stereocenters. The maximum absolute atomic E-state index is 5.64. The number of hydrogen-bond acceptors (Lipinski definition) is 3. The molecule has 1 unspecified atom stereocenters. The van der Waals surface area contributed by atoms with Crippen molar-refractivity contribution in [2.24, 2.45) is 0 Å². The SMILES string of the molecule is CCC(CSC)NCCCOc1ccccc1. The zero-order valence-corrected chi connectivity index (χ0v) is 11.6. The highest BCUT2D eigenvalue weighted by atomic mass is 32.2. The minimum Gasteiger partial charge on any atom is -0.494 e. The van der Waals surface area contributed by atoms with E-state index in [0.29, 0.717) is 6.04 Å². The van der Waals surface area contributed by atoms with Gasteiger partial charge in [-0.1, -0.05) is 25.1 Å². The first-order valence-electron chi connectivity index (χ1n) is 6.27. The summed E-state index contributed by atoms with van der Waals surface area (Å²) in [5.41, 5.74) is 0. The van der Waals surface area contributed by atoms with Gasteiger partial charge in [-0.2, -0.15) is 11.8 Å². The maximum atomic E-state index is 5.64. The fourth-order valence-corrected chi connectivity index (χ4v) is 2.36. The molecule has 0 aromatic heterocycles. The second-order valence-corrected chi connectivity index (χ2v) is 4.94. The smallest absolute Gasteiger partial charge is 0.119 e. The van der Waals surface area contributed by atoms with Gasteiger partial charge in [0.05, 0.1) is 6.61 Å². The molecule has 0 aliphatic heterocycles. The van der Waals surface area contributed by atoms with Gasteiger partial charge in [0.1, 0.15) is 5.75 Å². The molecule has 0 saturated heterocycles. The van der Waals surface area contributed by atoms with E-state index < -0.39 is 0 Å². The number of nitrogens with one attached hydrogen (secondary N) is 1. The average molecular weight is 253 g/mol. The molecule has 1 aromatic rings. The van der Waals surface area contributed by atoms with E-state index in [2.05, 4.69) is 18.5 Å². The van der Waals surface area contributed by atoms with Crippen molar-refractivity contribution in [2.75, 3.05) is 25.2 Å². The highest BCUT2D eigenvalue weighted by molar-refractivity contribution is 7.98. The van der Waals surface area contributed by atoms with E-state index >= 15 is 0 Å². The fraction of sp³-hybridized carbons (Fsp3) is 0.571. The van der Waals surface area contributed by atoms with Crippen LogP contribution in [0, 0.1) is 0 Å². The summed E-state index contributed by atoms with van der Waals surface area (Å²) in [6, 6.07) is 10.6. The predicted octanol–water partition coefficient (Wildman–Crippen LogP) is 3.19. The van der Waals surface area contributed by atoms with Crippen LogP contribution in [0.4, 0.5) is 0 Å². The first-order valence-corrected chi connectivity index (χ1v) is 7.66. The Morgan fingerprint density at radius 3 is 2.71 bits per heavy atom. The molecule has 0 fully saturated rings. The van der Waals surface area contributed by atoms with Crippen LogP contribution in [0.15, 0.2) is 30.3 Å². The molecule has 0 bridgehead atoms. The maximum Gasteiger partial charge on any atom is 0.119 e. The second-order valence-electron chi connectivity index (χ2n) is 4.03. The molecular weight excluding hydrogens is 230 g/mol. The van der Waals surface area contributed by atoms with Crippen molar-refractivity contribution >= 4 is 11.8 Å². The Kier molecular flexibility index (Phi) is 7.93. The summed E-state index contributed by atoms with van der Waals surface area (Å²) in [4.78, 5) is 0. The van der Waals surface area contributed by atoms with Crippen LogP contribution < -0.4 is 10.1 Å². The lowest BCUT2D eigenvalue weighted by Gasteiger charge is -2.15. The molecule has 1 rings (SSSR count). The van der Waals surface area contributed by atoms with Gasteiger partial charge in [-0.25, -0.2) is 0 Å². The van der Waals surface area contributed by atoms with Crippen molar-refractivity contribution in [3.8, 4) is 5.75 Å². The molecular formula is C14H23NOS. The third kappa shape index (κ3) is 6.59. The number of para-hydroxylation sites is 1. The monoisotopic (exact) mass is 253 g/mol. The molecule has 0 aliphatic rings. The van der Waals surface area contributed by atoms with Crippen LogP contribution in [0.25, 0.3) is 0 Å². The van der Waals surface area contributed by atoms with Gasteiger partial charge in [0, 0.05) is 11.8 Å². The summed E-state index contributed by atoms with van der Waals surface area (Å²) in [6.45, 7) is 4.05. The minimum absolute atomic E-state index is 0.640. The Morgan fingerprint density at radius 2 is 2.06 bits per heavy atom. The Balaban J connectivity index is 2.04. The van der Waals surface area contributed by atoms with Gasteiger partial charge in [0.25, 0.3) is 0 Å². The number of hydrogen-bond donors (Lipinski definition) is 1. The molecule has 0 spiro atoms. The molecule has 2 nitrogen and oxygen atoms in total. The minimum atomic E-state index is 0.640. The summed E-state index contributed by atoms with van der Waals surface area (Å²) in [6.07, 6.45) is 4.41. The molecule has 0 saturated carbocycles. The summed E-state index contributed by atoms with van der Waals surface area (Å²) < 4.78 is 5.64. The first-order chi connectivity index (χ1) is 8.36. The van der Waals surface area contributed by atoms with E-state index in [1.54, 1.807) is 0 Å². The largest absolute Gasteiger partial charge is 0.494 e. The summed E-state index contributed by atoms with van der Waals surface area (Å²) in [5.74, 6) is 2.15. The van der Waals surface area contributed by atoms with E-state index in [0.717, 1.165) is 25.3 Å². The van der Waals surface area contributed by atoms with Gasteiger partial charge < -0.3 is 10.1 Å². The molecule has 0 aliphatic carbocycles. The van der Waals surface area contributed by atoms with Gasteiger partial charge in [-0.05, 0) is 37.8 Å². The number of thioether (sulfide) groups is 1. The lowest BCUT2D eigenvalue weighted by atomic mass is 10.2. The second kappa shape index (κ2) is 9.37. The van der Waals surface area contributed by atoms with E-state index in [9.17, 15) is 0 Å². The van der Waals surface area contributed by atoms with Crippen LogP contribution in [0.5, 0.6) is 5.75 Å². The van der Waals surface area contributed by atoms with Crippen molar-refractivity contribution in [1.29, 1.82) is 0 Å². The standard InChI is InChI=1S/C14H23NOS/c1-3-13(12-17-2)15-10-7-11-16-14-8-5-4-6-9-14/h4-6,8-9,13,15H,3,7,10-12H2,1-2H3. The normalized spacial score (nSPS) is 12.4. The number of benzene rings is 1. The van der Waals surface area contributed by atoms with Crippen LogP contribution >= 0.6 is 11.8 Å². The zero-order chi connectivity index (χ0) is 12.3. The van der Waals surface area contributed by atoms with Crippen molar-refractivity contribution in [1.82, 2.24) is 5.32 Å². The third-order valence-corrected chi connectivity index (χ3v) is 3.36. The molecule has 0 amide bonds. The highest BCUT2D eigenvalue weighted by Gasteiger charge is 2.03. The number of rotatable bonds is 9. The summed E-state index contributed by atoms with van der Waals surface area (Å²) >= 11 is 1.90. The lowest BCUT2D eigenvalue weighted by molar-refractivity contribution is 0.305. The van der Waals surface area contributed by atoms with Gasteiger partial charge in [-0.3, -0.25) is 0 Å². The van der Waals surface area contributed by atoms with Crippen LogP contribution in [0.3, 0.4) is 0 Å². The summed E-state index contributed by atoms with van der Waals surface area (Å²) in [5, 5.41) is 3.56. The predicted molar refractivity (Wildman–Crippen MR) is 77.0 cm³/mol. The van der Waals surface area contributed by atoms with Gasteiger partial charge in [-0.15, -0.1) is 0 Å². The first kappa shape index (κ1) is 14.4. The fourth-order valence-electron chi connectivity index (χ4n) is 1.61. The Morgan fingerprint density at radius 1 is 1.29 bits per heavy atom. The molecule has 0 heterocycles. The van der Waals surface area contributed by atoms with Crippen LogP contribution in [0.2, 0.25) is 0 Å². The highest BCUT2D eigenvalue weighted by Crippen LogP contribution is 2.08. The molecule has 1 N–H and O–H groups in total. The van der Waals surface area contributed by atoms with Crippen molar-refractivity contribution < 1.29 is 4.74 Å². The molecule has 1 aromatic carbocycles. The van der Waals surface area contributed by atoms with Crippen molar-refractivity contribution in [3.63, 3.8) is 0 Å².